The molecule has 2 saturated carbocycles. The van der Waals surface area contributed by atoms with E-state index in [0.29, 0.717) is 36.9 Å². The summed E-state index contributed by atoms with van der Waals surface area (Å²) in [5.74, 6) is 0.608. The van der Waals surface area contributed by atoms with Crippen LogP contribution in [-0.4, -0.2) is 37.0 Å². The molecule has 0 spiro atoms. The fraction of sp³-hybridized carbons (Fsp3) is 0.520. The van der Waals surface area contributed by atoms with Gasteiger partial charge in [-0.2, -0.15) is 5.26 Å². The summed E-state index contributed by atoms with van der Waals surface area (Å²) in [6, 6.07) is 11.7. The SMILES string of the molecule is C=CC#N.C=Cc1ccccc1.O=C(OCC1CCC2OC2C1)C1CCC2OC2C1. The Morgan fingerprint density at radius 1 is 1.03 bits per heavy atom. The van der Waals surface area contributed by atoms with Crippen molar-refractivity contribution >= 4 is 12.0 Å². The minimum Gasteiger partial charge on any atom is -0.465 e. The summed E-state index contributed by atoms with van der Waals surface area (Å²) in [6.07, 6.45) is 11.0. The minimum atomic E-state index is 0.00258. The Morgan fingerprint density at radius 2 is 1.67 bits per heavy atom. The molecule has 0 bridgehead atoms. The van der Waals surface area contributed by atoms with Crippen LogP contribution >= 0.6 is 0 Å². The molecule has 5 nitrogen and oxygen atoms in total. The molecule has 2 saturated heterocycles. The van der Waals surface area contributed by atoms with Crippen LogP contribution in [0.2, 0.25) is 0 Å². The quantitative estimate of drug-likeness (QED) is 0.410. The van der Waals surface area contributed by atoms with Crippen LogP contribution in [0.1, 0.15) is 44.1 Å². The Bertz CT molecular complexity index is 756. The van der Waals surface area contributed by atoms with Crippen LogP contribution in [0, 0.1) is 23.2 Å². The average molecular weight is 410 g/mol. The molecule has 2 heterocycles. The number of nitrogens with zero attached hydrogens (tertiary/aromatic N) is 1. The van der Waals surface area contributed by atoms with Gasteiger partial charge in [0.25, 0.3) is 0 Å². The van der Waals surface area contributed by atoms with Crippen LogP contribution in [0.15, 0.2) is 49.6 Å². The number of nitriles is 1. The Balaban J connectivity index is 0.000000178. The van der Waals surface area contributed by atoms with Gasteiger partial charge in [0.1, 0.15) is 0 Å². The Morgan fingerprint density at radius 3 is 2.20 bits per heavy atom. The lowest BCUT2D eigenvalue weighted by Gasteiger charge is -2.21. The molecular formula is C25H31NO4. The molecule has 0 N–H and O–H groups in total. The molecule has 4 aliphatic rings. The highest BCUT2D eigenvalue weighted by atomic mass is 16.6. The second-order valence-electron chi connectivity index (χ2n) is 8.19. The third-order valence-electron chi connectivity index (χ3n) is 6.04. The number of carbonyl (C=O) groups is 1. The summed E-state index contributed by atoms with van der Waals surface area (Å²) < 4.78 is 16.4. The monoisotopic (exact) mass is 409 g/mol. The number of esters is 1. The number of epoxide rings is 2. The van der Waals surface area contributed by atoms with E-state index in [1.54, 1.807) is 6.07 Å². The van der Waals surface area contributed by atoms with Gasteiger partial charge in [-0.1, -0.05) is 49.6 Å². The van der Waals surface area contributed by atoms with Crippen molar-refractivity contribution < 1.29 is 19.0 Å². The topological polar surface area (TPSA) is 75.2 Å². The molecule has 1 aromatic carbocycles. The average Bonchev–Trinajstić information content (AvgIpc) is 3.72. The number of benzene rings is 1. The highest BCUT2D eigenvalue weighted by molar-refractivity contribution is 5.72. The predicted molar refractivity (Wildman–Crippen MR) is 115 cm³/mol. The first kappa shape index (κ1) is 22.3. The fourth-order valence-electron chi connectivity index (χ4n) is 4.16. The van der Waals surface area contributed by atoms with Gasteiger partial charge < -0.3 is 14.2 Å². The van der Waals surface area contributed by atoms with E-state index in [-0.39, 0.29) is 11.9 Å². The number of hydrogen-bond donors (Lipinski definition) is 0. The highest BCUT2D eigenvalue weighted by Gasteiger charge is 2.47. The maximum absolute atomic E-state index is 12.0. The minimum absolute atomic E-state index is 0.00258. The van der Waals surface area contributed by atoms with Gasteiger partial charge in [-0.25, -0.2) is 0 Å². The molecule has 2 aliphatic heterocycles. The molecule has 30 heavy (non-hydrogen) atoms. The number of hydrogen-bond acceptors (Lipinski definition) is 5. The van der Waals surface area contributed by atoms with E-state index >= 15 is 0 Å². The van der Waals surface area contributed by atoms with Crippen LogP contribution in [0.4, 0.5) is 0 Å². The lowest BCUT2D eigenvalue weighted by molar-refractivity contribution is -0.151. The van der Waals surface area contributed by atoms with Crippen molar-refractivity contribution in [1.29, 1.82) is 5.26 Å². The summed E-state index contributed by atoms with van der Waals surface area (Å²) in [5, 5.41) is 7.51. The van der Waals surface area contributed by atoms with Crippen molar-refractivity contribution in [3.63, 3.8) is 0 Å². The number of rotatable bonds is 4. The van der Waals surface area contributed by atoms with Crippen molar-refractivity contribution in [2.45, 2.75) is 62.9 Å². The Hall–Kier alpha value is -2.42. The maximum atomic E-state index is 12.0. The van der Waals surface area contributed by atoms with Gasteiger partial charge in [-0.05, 0) is 50.0 Å². The van der Waals surface area contributed by atoms with Crippen LogP contribution in [0.3, 0.4) is 0 Å². The first-order chi connectivity index (χ1) is 14.6. The van der Waals surface area contributed by atoms with E-state index in [0.717, 1.165) is 38.5 Å². The maximum Gasteiger partial charge on any atom is 0.309 e. The number of fused-ring (bicyclic) bond motifs is 2. The summed E-state index contributed by atoms with van der Waals surface area (Å²) in [4.78, 5) is 12.0. The van der Waals surface area contributed by atoms with Gasteiger partial charge in [0.2, 0.25) is 0 Å². The molecule has 4 fully saturated rings. The summed E-state index contributed by atoms with van der Waals surface area (Å²) in [5.41, 5.74) is 1.17. The van der Waals surface area contributed by atoms with Crippen LogP contribution < -0.4 is 0 Å². The van der Waals surface area contributed by atoms with Crippen molar-refractivity contribution in [3.8, 4) is 6.07 Å². The zero-order valence-electron chi connectivity index (χ0n) is 17.4. The molecule has 160 valence electrons. The van der Waals surface area contributed by atoms with Crippen molar-refractivity contribution in [3.05, 3.63) is 55.1 Å². The highest BCUT2D eigenvalue weighted by Crippen LogP contribution is 2.41. The summed E-state index contributed by atoms with van der Waals surface area (Å²) in [7, 11) is 0. The van der Waals surface area contributed by atoms with Crippen molar-refractivity contribution in [2.24, 2.45) is 11.8 Å². The second-order valence-corrected chi connectivity index (χ2v) is 8.19. The van der Waals surface area contributed by atoms with E-state index in [9.17, 15) is 4.79 Å². The van der Waals surface area contributed by atoms with Crippen LogP contribution in [-0.2, 0) is 19.0 Å². The Labute approximate surface area is 179 Å². The van der Waals surface area contributed by atoms with E-state index < -0.39 is 0 Å². The molecule has 5 rings (SSSR count). The predicted octanol–water partition coefficient (Wildman–Crippen LogP) is 4.69. The first-order valence-corrected chi connectivity index (χ1v) is 10.8. The van der Waals surface area contributed by atoms with Gasteiger partial charge in [-0.3, -0.25) is 4.79 Å². The number of ether oxygens (including phenoxy) is 3. The second kappa shape index (κ2) is 11.1. The van der Waals surface area contributed by atoms with Crippen molar-refractivity contribution in [1.82, 2.24) is 0 Å². The molecule has 6 unspecified atom stereocenters. The zero-order valence-corrected chi connectivity index (χ0v) is 17.4. The molecule has 1 aromatic rings. The fourth-order valence-corrected chi connectivity index (χ4v) is 4.16. The summed E-state index contributed by atoms with van der Waals surface area (Å²) >= 11 is 0. The zero-order chi connectivity index (χ0) is 21.3. The van der Waals surface area contributed by atoms with E-state index in [4.69, 9.17) is 19.5 Å². The lowest BCUT2D eigenvalue weighted by Crippen LogP contribution is -2.27. The standard InChI is InChI=1S/C14H20O4.C8H8.C3H3N/c15-14(9-2-4-11-13(6-9)18-11)16-7-8-1-3-10-12(5-8)17-10;1-2-8-6-4-3-5-7-8;1-2-3-4/h8-13H,1-7H2;2-7H,1H2;2H,1H2. The number of carbonyl (C=O) groups excluding carboxylic acids is 1. The van der Waals surface area contributed by atoms with E-state index in [1.807, 2.05) is 36.4 Å². The molecular weight excluding hydrogens is 378 g/mol. The molecule has 0 radical (unpaired) electrons. The van der Waals surface area contributed by atoms with E-state index in [1.165, 1.54) is 11.6 Å². The first-order valence-electron chi connectivity index (χ1n) is 10.8. The van der Waals surface area contributed by atoms with Crippen LogP contribution in [0.25, 0.3) is 6.08 Å². The Kier molecular flexibility index (Phi) is 8.24. The van der Waals surface area contributed by atoms with Gasteiger partial charge in [0.05, 0.1) is 43.0 Å². The lowest BCUT2D eigenvalue weighted by atomic mass is 9.89. The smallest absolute Gasteiger partial charge is 0.309 e. The third-order valence-corrected chi connectivity index (χ3v) is 6.04. The molecule has 6 atom stereocenters. The molecule has 0 aromatic heterocycles. The van der Waals surface area contributed by atoms with Crippen molar-refractivity contribution in [2.75, 3.05) is 6.61 Å². The van der Waals surface area contributed by atoms with Crippen LogP contribution in [0.5, 0.6) is 0 Å². The third kappa shape index (κ3) is 6.83. The van der Waals surface area contributed by atoms with E-state index in [2.05, 4.69) is 13.2 Å². The van der Waals surface area contributed by atoms with Gasteiger partial charge in [0.15, 0.2) is 0 Å². The molecule has 5 heteroatoms. The van der Waals surface area contributed by atoms with Gasteiger partial charge in [0, 0.05) is 6.08 Å². The van der Waals surface area contributed by atoms with Gasteiger partial charge >= 0.3 is 5.97 Å². The van der Waals surface area contributed by atoms with Gasteiger partial charge in [-0.15, -0.1) is 0 Å². The molecule has 0 amide bonds. The normalized spacial score (nSPS) is 32.1. The summed E-state index contributed by atoms with van der Waals surface area (Å²) in [6.45, 7) is 7.34. The number of allylic oxidation sites excluding steroid dienone is 1. The molecule has 2 aliphatic carbocycles. The largest absolute Gasteiger partial charge is 0.465 e.